The fourth-order valence-electron chi connectivity index (χ4n) is 6.89. The smallest absolute Gasteiger partial charge is 0.744 e. The molecule has 62 heavy (non-hydrogen) atoms. The summed E-state index contributed by atoms with van der Waals surface area (Å²) in [6.07, 6.45) is 0. The predicted octanol–water partition coefficient (Wildman–Crippen LogP) is -3.60. The molecular formula is C36H29N9Na2O12S3. The summed E-state index contributed by atoms with van der Waals surface area (Å²) in [6.45, 7) is 1.19. The topological polar surface area (TPSA) is 310 Å². The van der Waals surface area contributed by atoms with Crippen LogP contribution in [0.25, 0.3) is 22.0 Å². The van der Waals surface area contributed by atoms with Crippen LogP contribution >= 0.6 is 0 Å². The summed E-state index contributed by atoms with van der Waals surface area (Å²) in [6, 6.07) is 17.0. The summed E-state index contributed by atoms with van der Waals surface area (Å²) >= 11 is 0. The number of ketones is 1. The fraction of sp³-hybridized carbons (Fsp3) is 0.139. The number of aryl methyl sites for hydroxylation is 1. The first-order valence-corrected chi connectivity index (χ1v) is 21.7. The van der Waals surface area contributed by atoms with Crippen molar-refractivity contribution in [2.75, 3.05) is 47.2 Å². The van der Waals surface area contributed by atoms with Crippen LogP contribution in [0.1, 0.15) is 15.9 Å². The van der Waals surface area contributed by atoms with Gasteiger partial charge in [-0.05, 0) is 59.7 Å². The molecule has 4 aromatic carbocycles. The summed E-state index contributed by atoms with van der Waals surface area (Å²) in [5.74, 6) is 3.90. The molecule has 310 valence electrons. The summed E-state index contributed by atoms with van der Waals surface area (Å²) in [7, 11) is -13.4. The van der Waals surface area contributed by atoms with E-state index >= 15 is 0 Å². The maximum absolute atomic E-state index is 14.1. The molecule has 0 spiro atoms. The number of benzene rings is 4. The zero-order valence-electron chi connectivity index (χ0n) is 32.8. The third-order valence-corrected chi connectivity index (χ3v) is 12.5. The van der Waals surface area contributed by atoms with E-state index in [2.05, 4.69) is 35.2 Å². The number of anilines is 7. The first kappa shape index (κ1) is 47.1. The summed E-state index contributed by atoms with van der Waals surface area (Å²) < 4.78 is 110. The van der Waals surface area contributed by atoms with Crippen molar-refractivity contribution in [1.29, 1.82) is 0 Å². The van der Waals surface area contributed by atoms with Crippen molar-refractivity contribution in [2.45, 2.75) is 14.7 Å². The van der Waals surface area contributed by atoms with Gasteiger partial charge in [-0.2, -0.15) is 33.6 Å². The number of pyridine rings is 1. The monoisotopic (exact) mass is 921 g/mol. The van der Waals surface area contributed by atoms with Crippen molar-refractivity contribution in [3.8, 4) is 11.1 Å². The molecule has 6 aromatic rings. The average molecular weight is 922 g/mol. The van der Waals surface area contributed by atoms with E-state index in [1.165, 1.54) is 28.8 Å². The van der Waals surface area contributed by atoms with Crippen molar-refractivity contribution >= 4 is 87.6 Å². The summed E-state index contributed by atoms with van der Waals surface area (Å²) in [5.41, 5.74) is 0.991. The Bertz CT molecular complexity index is 3210. The first-order chi connectivity index (χ1) is 28.4. The Morgan fingerprint density at radius 1 is 0.710 bits per heavy atom. The van der Waals surface area contributed by atoms with Crippen molar-refractivity contribution < 1.29 is 107 Å². The summed E-state index contributed by atoms with van der Waals surface area (Å²) in [5, 5.41) is 8.85. The zero-order valence-corrected chi connectivity index (χ0v) is 39.2. The largest absolute Gasteiger partial charge is 1.00 e. The number of fused-ring (bicyclic) bond motifs is 2. The number of nitrogens with one attached hydrogen (secondary N) is 3. The van der Waals surface area contributed by atoms with Crippen molar-refractivity contribution in [3.05, 3.63) is 100 Å². The van der Waals surface area contributed by atoms with Gasteiger partial charge < -0.3 is 39.3 Å². The number of aromatic nitrogens is 4. The van der Waals surface area contributed by atoms with Crippen LogP contribution in [-0.2, 0) is 46.4 Å². The Labute approximate surface area is 397 Å². The van der Waals surface area contributed by atoms with Crippen LogP contribution in [0.15, 0.2) is 98.3 Å². The zero-order chi connectivity index (χ0) is 42.7. The van der Waals surface area contributed by atoms with Gasteiger partial charge in [0.15, 0.2) is 5.78 Å². The molecule has 0 atom stereocenters. The molecule has 0 unspecified atom stereocenters. The van der Waals surface area contributed by atoms with E-state index in [1.807, 2.05) is 0 Å². The van der Waals surface area contributed by atoms with E-state index in [1.54, 1.807) is 42.3 Å². The molecule has 2 aliphatic rings. The van der Waals surface area contributed by atoms with Crippen LogP contribution in [0.4, 0.5) is 40.6 Å². The number of rotatable bonds is 11. The van der Waals surface area contributed by atoms with Gasteiger partial charge in [-0.15, -0.1) is 0 Å². The Kier molecular flexibility index (Phi) is 13.7. The number of carbonyl (C=O) groups is 1. The van der Waals surface area contributed by atoms with Crippen LogP contribution in [0.5, 0.6) is 0 Å². The minimum atomic E-state index is -5.21. The molecule has 0 radical (unpaired) electrons. The van der Waals surface area contributed by atoms with Crippen LogP contribution < -0.4 is 91.4 Å². The molecule has 21 nitrogen and oxygen atoms in total. The number of nitrogens with zero attached hydrogens (tertiary/aromatic N) is 5. The molecule has 1 fully saturated rings. The standard InChI is InChI=1S/C36H31N9O12S3.2Na/c1-44-27-9-8-24(32-31(27)23(18-30(44)46)21-4-2-3-5-22(21)33(32)47)39-25-16-19(6-10-28(25)58(48,49)50)38-34-41-35(43-36(42-34)45-12-14-56-15-13-45)40-26-17-20(60(54,55)57-37)7-11-29(26)59(51,52)53;;/h2-11,16-18,39H,12-15,37H2,1H3,(H,48,49,50)(H,51,52,53)(H2,38,40,41,42,43);;/q;2*+1/p-2. The Hall–Kier alpha value is -4.38. The molecule has 1 aliphatic carbocycles. The van der Waals surface area contributed by atoms with Crippen LogP contribution in [0, 0.1) is 0 Å². The molecule has 0 saturated carbocycles. The molecule has 3 heterocycles. The van der Waals surface area contributed by atoms with Gasteiger partial charge in [0, 0.05) is 42.8 Å². The molecule has 8 rings (SSSR count). The fourth-order valence-corrected chi connectivity index (χ4v) is 8.73. The second-order valence-electron chi connectivity index (χ2n) is 13.3. The number of morpholine rings is 1. The maximum atomic E-state index is 14.1. The second kappa shape index (κ2) is 18.0. The number of ether oxygens (including phenoxy) is 1. The van der Waals surface area contributed by atoms with Crippen molar-refractivity contribution in [3.63, 3.8) is 0 Å². The van der Waals surface area contributed by atoms with E-state index in [0.29, 0.717) is 40.7 Å². The Balaban J connectivity index is 0.00000321. The molecule has 2 aromatic heterocycles. The average Bonchev–Trinajstić information content (AvgIpc) is 3.21. The third kappa shape index (κ3) is 9.16. The molecule has 1 saturated heterocycles. The summed E-state index contributed by atoms with van der Waals surface area (Å²) in [4.78, 5) is 39.7. The second-order valence-corrected chi connectivity index (χ2v) is 17.6. The van der Waals surface area contributed by atoms with Crippen LogP contribution in [-0.4, -0.2) is 86.0 Å². The van der Waals surface area contributed by atoms with Gasteiger partial charge in [-0.3, -0.25) is 9.59 Å². The molecule has 26 heteroatoms. The van der Waals surface area contributed by atoms with Crippen LogP contribution in [0.3, 0.4) is 0 Å². The van der Waals surface area contributed by atoms with Gasteiger partial charge in [0.05, 0.1) is 56.0 Å². The predicted molar refractivity (Wildman–Crippen MR) is 212 cm³/mol. The van der Waals surface area contributed by atoms with Crippen LogP contribution in [0.2, 0.25) is 0 Å². The number of hydrogen-bond donors (Lipinski definition) is 4. The molecular weight excluding hydrogens is 893 g/mol. The first-order valence-electron chi connectivity index (χ1n) is 17.5. The number of carbonyl (C=O) groups excluding carboxylic acids is 1. The van der Waals surface area contributed by atoms with Crippen molar-refractivity contribution in [1.82, 2.24) is 19.5 Å². The molecule has 0 amide bonds. The molecule has 0 bridgehead atoms. The van der Waals surface area contributed by atoms with Gasteiger partial charge in [0.2, 0.25) is 17.8 Å². The quantitative estimate of drug-likeness (QED) is 0.0553. The third-order valence-electron chi connectivity index (χ3n) is 9.68. The minimum Gasteiger partial charge on any atom is -0.744 e. The Morgan fingerprint density at radius 2 is 1.32 bits per heavy atom. The molecule has 1 aliphatic heterocycles. The van der Waals surface area contributed by atoms with E-state index in [4.69, 9.17) is 10.6 Å². The maximum Gasteiger partial charge on any atom is 1.00 e. The SMILES string of the molecule is Cn1c(=O)cc2c3c(c(Nc4cc(Nc5nc(Nc6cc(S(=O)(=O)ON)ccc6S(=O)(=O)[O-])nc(N6CCOCC6)n5)ccc4S(=O)(=O)[O-])ccc31)C(=O)c1ccccc1-2.[Na+].[Na+]. The number of hydrogen-bond acceptors (Lipinski definition) is 20. The normalized spacial score (nSPS) is 13.7. The Morgan fingerprint density at radius 3 is 1.97 bits per heavy atom. The van der Waals surface area contributed by atoms with E-state index < -0.39 is 56.5 Å². The van der Waals surface area contributed by atoms with E-state index in [-0.39, 0.29) is 118 Å². The minimum absolute atomic E-state index is 0. The van der Waals surface area contributed by atoms with Gasteiger partial charge >= 0.3 is 69.2 Å². The van der Waals surface area contributed by atoms with E-state index in [0.717, 1.165) is 24.3 Å². The van der Waals surface area contributed by atoms with Gasteiger partial charge in [-0.25, -0.2) is 16.8 Å². The van der Waals surface area contributed by atoms with E-state index in [9.17, 15) is 43.9 Å². The molecule has 5 N–H and O–H groups in total. The van der Waals surface area contributed by atoms with Gasteiger partial charge in [-0.1, -0.05) is 24.3 Å². The number of nitrogens with two attached hydrogens (primary N) is 1. The van der Waals surface area contributed by atoms with Gasteiger partial charge in [0.25, 0.3) is 5.56 Å². The van der Waals surface area contributed by atoms with Gasteiger partial charge in [0.1, 0.15) is 20.2 Å². The van der Waals surface area contributed by atoms with Crippen molar-refractivity contribution in [2.24, 2.45) is 12.9 Å².